The lowest BCUT2D eigenvalue weighted by Crippen LogP contribution is -2.48. The van der Waals surface area contributed by atoms with Gasteiger partial charge in [-0.05, 0) is 35.9 Å². The average Bonchev–Trinajstić information content (AvgIpc) is 2.62. The number of benzene rings is 1. The Kier molecular flexibility index (Phi) is 6.55. The summed E-state index contributed by atoms with van der Waals surface area (Å²) in [5.41, 5.74) is 17.5. The quantitative estimate of drug-likeness (QED) is 0.356. The van der Waals surface area contributed by atoms with Gasteiger partial charge in [-0.25, -0.2) is 0 Å². The molecule has 0 unspecified atom stereocenters. The van der Waals surface area contributed by atoms with E-state index in [1.807, 2.05) is 24.3 Å². The van der Waals surface area contributed by atoms with Gasteiger partial charge in [0.1, 0.15) is 0 Å². The molecular weight excluding hydrogens is 304 g/mol. The van der Waals surface area contributed by atoms with Gasteiger partial charge in [-0.15, -0.1) is 0 Å². The molecule has 1 aromatic rings. The highest BCUT2D eigenvalue weighted by molar-refractivity contribution is 5.86. The molecular formula is C18H24N4O2. The molecule has 128 valence electrons. The Morgan fingerprint density at radius 2 is 2.12 bits per heavy atom. The monoisotopic (exact) mass is 328 g/mol. The number of hydrogen-bond acceptors (Lipinski definition) is 4. The van der Waals surface area contributed by atoms with Crippen molar-refractivity contribution in [2.75, 3.05) is 0 Å². The highest BCUT2D eigenvalue weighted by Gasteiger charge is 2.32. The van der Waals surface area contributed by atoms with Crippen molar-refractivity contribution < 1.29 is 9.53 Å². The van der Waals surface area contributed by atoms with Crippen molar-refractivity contribution in [2.24, 2.45) is 10.8 Å². The molecule has 0 fully saturated rings. The van der Waals surface area contributed by atoms with Crippen molar-refractivity contribution in [1.82, 2.24) is 0 Å². The van der Waals surface area contributed by atoms with Gasteiger partial charge >= 0.3 is 0 Å². The van der Waals surface area contributed by atoms with E-state index in [0.29, 0.717) is 12.0 Å². The standard InChI is InChI=1S/C18H24N4O2/c1-3-14(4-2)24-17-10-13(9-16(18(17)19)21-22-20)15-8-6-5-7-12(15)11-23/h5-8,10-11,14,16-18H,3-4,9,19H2,1-2H3/t16-,17+,18+/m0/s1. The maximum absolute atomic E-state index is 11.3. The van der Waals surface area contributed by atoms with Crippen molar-refractivity contribution in [3.63, 3.8) is 0 Å². The fourth-order valence-corrected chi connectivity index (χ4v) is 3.07. The Bertz CT molecular complexity index is 648. The summed E-state index contributed by atoms with van der Waals surface area (Å²) in [7, 11) is 0. The minimum atomic E-state index is -0.395. The van der Waals surface area contributed by atoms with Gasteiger partial charge in [0.2, 0.25) is 0 Å². The third-order valence-electron chi connectivity index (χ3n) is 4.51. The van der Waals surface area contributed by atoms with Crippen LogP contribution in [0.15, 0.2) is 35.5 Å². The molecule has 6 heteroatoms. The molecule has 0 saturated carbocycles. The summed E-state index contributed by atoms with van der Waals surface area (Å²) in [6.07, 6.45) is 4.86. The summed E-state index contributed by atoms with van der Waals surface area (Å²) in [6.45, 7) is 4.14. The number of carbonyl (C=O) groups is 1. The second-order valence-corrected chi connectivity index (χ2v) is 5.99. The van der Waals surface area contributed by atoms with Crippen LogP contribution < -0.4 is 5.73 Å². The third kappa shape index (κ3) is 4.03. The van der Waals surface area contributed by atoms with Crippen molar-refractivity contribution in [3.05, 3.63) is 51.9 Å². The van der Waals surface area contributed by atoms with Crippen LogP contribution in [0.3, 0.4) is 0 Å². The van der Waals surface area contributed by atoms with E-state index >= 15 is 0 Å². The Balaban J connectivity index is 2.40. The van der Waals surface area contributed by atoms with E-state index in [1.54, 1.807) is 6.07 Å². The first kappa shape index (κ1) is 18.2. The first-order chi connectivity index (χ1) is 11.6. The normalized spacial score (nSPS) is 23.5. The Labute approximate surface area is 142 Å². The first-order valence-electron chi connectivity index (χ1n) is 8.35. The summed E-state index contributed by atoms with van der Waals surface area (Å²) in [5, 5.41) is 3.85. The largest absolute Gasteiger partial charge is 0.369 e. The SMILES string of the molecule is CCC(CC)O[C@@H]1C=C(c2ccccc2C=O)C[C@H](N=[N+]=[N-])[C@H]1N. The molecule has 2 N–H and O–H groups in total. The predicted molar refractivity (Wildman–Crippen MR) is 94.6 cm³/mol. The lowest BCUT2D eigenvalue weighted by atomic mass is 9.84. The fourth-order valence-electron chi connectivity index (χ4n) is 3.07. The van der Waals surface area contributed by atoms with Gasteiger partial charge in [0.25, 0.3) is 0 Å². The molecule has 0 saturated heterocycles. The molecule has 6 nitrogen and oxygen atoms in total. The number of hydrogen-bond donors (Lipinski definition) is 1. The Morgan fingerprint density at radius 3 is 2.75 bits per heavy atom. The van der Waals surface area contributed by atoms with E-state index < -0.39 is 12.1 Å². The maximum atomic E-state index is 11.3. The van der Waals surface area contributed by atoms with Crippen molar-refractivity contribution >= 4 is 11.9 Å². The van der Waals surface area contributed by atoms with Crippen LogP contribution in [-0.2, 0) is 4.74 Å². The summed E-state index contributed by atoms with van der Waals surface area (Å²) in [5.74, 6) is 0. The molecule has 0 radical (unpaired) electrons. The number of azide groups is 1. The zero-order valence-corrected chi connectivity index (χ0v) is 14.1. The highest BCUT2D eigenvalue weighted by atomic mass is 16.5. The third-order valence-corrected chi connectivity index (χ3v) is 4.51. The molecule has 0 bridgehead atoms. The second-order valence-electron chi connectivity index (χ2n) is 5.99. The molecule has 0 amide bonds. The summed E-state index contributed by atoms with van der Waals surface area (Å²) >= 11 is 0. The fraction of sp³-hybridized carbons (Fsp3) is 0.500. The maximum Gasteiger partial charge on any atom is 0.150 e. The minimum absolute atomic E-state index is 0.102. The summed E-state index contributed by atoms with van der Waals surface area (Å²) in [4.78, 5) is 14.3. The average molecular weight is 328 g/mol. The zero-order valence-electron chi connectivity index (χ0n) is 14.1. The molecule has 0 spiro atoms. The molecule has 1 aromatic carbocycles. The molecule has 2 rings (SSSR count). The first-order valence-corrected chi connectivity index (χ1v) is 8.35. The Morgan fingerprint density at radius 1 is 1.42 bits per heavy atom. The summed E-state index contributed by atoms with van der Waals surface area (Å²) in [6, 6.07) is 6.59. The van der Waals surface area contributed by atoms with E-state index in [-0.39, 0.29) is 12.2 Å². The van der Waals surface area contributed by atoms with E-state index in [9.17, 15) is 4.79 Å². The number of nitrogens with two attached hydrogens (primary N) is 1. The molecule has 0 heterocycles. The molecule has 24 heavy (non-hydrogen) atoms. The van der Waals surface area contributed by atoms with Crippen LogP contribution >= 0.6 is 0 Å². The minimum Gasteiger partial charge on any atom is -0.369 e. The van der Waals surface area contributed by atoms with Crippen molar-refractivity contribution in [2.45, 2.75) is 57.4 Å². The topological polar surface area (TPSA) is 101 Å². The van der Waals surface area contributed by atoms with Gasteiger partial charge in [-0.2, -0.15) is 0 Å². The van der Waals surface area contributed by atoms with E-state index in [1.165, 1.54) is 0 Å². The smallest absolute Gasteiger partial charge is 0.150 e. The molecule has 3 atom stereocenters. The van der Waals surface area contributed by atoms with Crippen LogP contribution in [0.1, 0.15) is 49.0 Å². The van der Waals surface area contributed by atoms with Crippen LogP contribution in [0.25, 0.3) is 16.0 Å². The predicted octanol–water partition coefficient (Wildman–Crippen LogP) is 3.87. The van der Waals surface area contributed by atoms with E-state index in [2.05, 4.69) is 23.9 Å². The van der Waals surface area contributed by atoms with Crippen LogP contribution in [-0.4, -0.2) is 30.6 Å². The number of rotatable bonds is 7. The number of ether oxygens (including phenoxy) is 1. The second kappa shape index (κ2) is 8.64. The van der Waals surface area contributed by atoms with Gasteiger partial charge in [-0.1, -0.05) is 49.3 Å². The lowest BCUT2D eigenvalue weighted by Gasteiger charge is -2.34. The zero-order chi connectivity index (χ0) is 17.5. The van der Waals surface area contributed by atoms with Crippen LogP contribution in [0, 0.1) is 0 Å². The molecule has 0 aliphatic heterocycles. The summed E-state index contributed by atoms with van der Waals surface area (Å²) < 4.78 is 6.13. The number of nitrogens with zero attached hydrogens (tertiary/aromatic N) is 3. The van der Waals surface area contributed by atoms with Gasteiger partial charge in [0, 0.05) is 16.5 Å². The molecule has 0 aromatic heterocycles. The van der Waals surface area contributed by atoms with Gasteiger partial charge in [0.05, 0.1) is 18.2 Å². The van der Waals surface area contributed by atoms with Gasteiger partial charge in [-0.3, -0.25) is 4.79 Å². The van der Waals surface area contributed by atoms with E-state index in [0.717, 1.165) is 30.3 Å². The highest BCUT2D eigenvalue weighted by Crippen LogP contribution is 2.32. The van der Waals surface area contributed by atoms with Gasteiger partial charge in [0.15, 0.2) is 6.29 Å². The van der Waals surface area contributed by atoms with E-state index in [4.69, 9.17) is 16.0 Å². The van der Waals surface area contributed by atoms with Gasteiger partial charge < -0.3 is 10.5 Å². The number of carbonyl (C=O) groups excluding carboxylic acids is 1. The Hall–Kier alpha value is -2.14. The van der Waals surface area contributed by atoms with Crippen LogP contribution in [0.5, 0.6) is 0 Å². The number of aldehydes is 1. The molecule has 1 aliphatic rings. The van der Waals surface area contributed by atoms with Crippen LogP contribution in [0.2, 0.25) is 0 Å². The lowest BCUT2D eigenvalue weighted by molar-refractivity contribution is -0.00824. The van der Waals surface area contributed by atoms with Crippen molar-refractivity contribution in [3.8, 4) is 0 Å². The molecule has 1 aliphatic carbocycles. The van der Waals surface area contributed by atoms with Crippen molar-refractivity contribution in [1.29, 1.82) is 0 Å². The van der Waals surface area contributed by atoms with Crippen LogP contribution in [0.4, 0.5) is 0 Å².